The number of nitrogens with one attached hydrogen (secondary N) is 1. The molecule has 8 nitrogen and oxygen atoms in total. The van der Waals surface area contributed by atoms with Crippen LogP contribution in [0.3, 0.4) is 0 Å². The molecular weight excluding hydrogens is 426 g/mol. The number of benzene rings is 2. The van der Waals surface area contributed by atoms with Crippen LogP contribution in [0, 0.1) is 17.2 Å². The highest BCUT2D eigenvalue weighted by Crippen LogP contribution is 2.27. The number of sulfonamides is 1. The minimum absolute atomic E-state index is 0.355. The largest absolute Gasteiger partial charge is 0.492 e. The Labute approximate surface area is 188 Å². The van der Waals surface area contributed by atoms with E-state index < -0.39 is 15.3 Å². The first kappa shape index (κ1) is 23.2. The Morgan fingerprint density at radius 1 is 1.12 bits per heavy atom. The summed E-state index contributed by atoms with van der Waals surface area (Å²) < 4.78 is 28.8. The number of anilines is 2. The molecular formula is C23H25N5O3S. The minimum Gasteiger partial charge on any atom is -0.492 e. The van der Waals surface area contributed by atoms with Crippen LogP contribution in [-0.4, -0.2) is 25.0 Å². The van der Waals surface area contributed by atoms with Gasteiger partial charge >= 0.3 is 0 Å². The van der Waals surface area contributed by atoms with Crippen LogP contribution in [0.2, 0.25) is 0 Å². The van der Waals surface area contributed by atoms with Gasteiger partial charge in [0.2, 0.25) is 16.0 Å². The Hall–Kier alpha value is -3.48. The summed E-state index contributed by atoms with van der Waals surface area (Å²) in [5, 5.41) is 17.0. The zero-order valence-corrected chi connectivity index (χ0v) is 18.9. The molecule has 3 rings (SSSR count). The molecule has 0 spiro atoms. The topological polar surface area (TPSA) is 131 Å². The Kier molecular flexibility index (Phi) is 7.08. The molecule has 166 valence electrons. The molecule has 0 aliphatic heterocycles. The lowest BCUT2D eigenvalue weighted by Crippen LogP contribution is -2.19. The summed E-state index contributed by atoms with van der Waals surface area (Å²) in [7, 11) is -3.66. The third-order valence-corrected chi connectivity index (χ3v) is 6.01. The van der Waals surface area contributed by atoms with Crippen LogP contribution in [0.4, 0.5) is 11.6 Å². The molecule has 0 fully saturated rings. The van der Waals surface area contributed by atoms with E-state index in [-0.39, 0.29) is 0 Å². The number of hydrogen-bond donors (Lipinski definition) is 2. The summed E-state index contributed by atoms with van der Waals surface area (Å²) in [6, 6.07) is 16.2. The van der Waals surface area contributed by atoms with Crippen molar-refractivity contribution in [1.82, 2.24) is 9.97 Å². The van der Waals surface area contributed by atoms with E-state index in [0.29, 0.717) is 46.7 Å². The maximum Gasteiger partial charge on any atom is 0.227 e. The second-order valence-electron chi connectivity index (χ2n) is 7.77. The first-order valence-corrected chi connectivity index (χ1v) is 11.7. The van der Waals surface area contributed by atoms with Gasteiger partial charge in [0.25, 0.3) is 0 Å². The lowest BCUT2D eigenvalue weighted by atomic mass is 10.1. The lowest BCUT2D eigenvalue weighted by molar-refractivity contribution is 0.270. The maximum absolute atomic E-state index is 11.5. The molecule has 0 radical (unpaired) electrons. The monoisotopic (exact) mass is 451 g/mol. The van der Waals surface area contributed by atoms with Gasteiger partial charge < -0.3 is 10.1 Å². The van der Waals surface area contributed by atoms with Gasteiger partial charge in [-0.05, 0) is 54.8 Å². The summed E-state index contributed by atoms with van der Waals surface area (Å²) in [4.78, 5) is 8.76. The maximum atomic E-state index is 11.5. The number of rotatable bonds is 8. The first-order chi connectivity index (χ1) is 15.2. The number of hydrogen-bond acceptors (Lipinski definition) is 7. The van der Waals surface area contributed by atoms with Gasteiger partial charge in [-0.25, -0.2) is 23.5 Å². The second kappa shape index (κ2) is 9.77. The number of ether oxygens (including phenoxy) is 1. The van der Waals surface area contributed by atoms with Crippen LogP contribution in [0.5, 0.6) is 5.75 Å². The summed E-state index contributed by atoms with van der Waals surface area (Å²) in [6.07, 6.45) is 1.62. The van der Waals surface area contributed by atoms with Crippen molar-refractivity contribution in [3.05, 3.63) is 65.9 Å². The highest BCUT2D eigenvalue weighted by Gasteiger charge is 2.17. The van der Waals surface area contributed by atoms with Crippen LogP contribution < -0.4 is 15.2 Å². The Balaban J connectivity index is 1.79. The van der Waals surface area contributed by atoms with Gasteiger partial charge in [0.1, 0.15) is 11.8 Å². The fourth-order valence-electron chi connectivity index (χ4n) is 2.89. The molecule has 3 N–H and O–H groups in total. The first-order valence-electron chi connectivity index (χ1n) is 10.1. The summed E-state index contributed by atoms with van der Waals surface area (Å²) >= 11 is 0. The van der Waals surface area contributed by atoms with Crippen LogP contribution in [0.15, 0.2) is 54.7 Å². The average Bonchev–Trinajstić information content (AvgIpc) is 2.77. The standard InChI is InChI=1S/C23H25N5O3S/c1-15(2)14-31-22-9-6-18(12-19(22)13-24)21-10-11-26-23(28-21)27-20-7-4-17(5-8-20)16(3)32(25,29)30/h4-12,15-16H,14H2,1-3H3,(H2,25,29,30)(H,26,27,28). The van der Waals surface area contributed by atoms with Crippen molar-refractivity contribution >= 4 is 21.7 Å². The summed E-state index contributed by atoms with van der Waals surface area (Å²) in [6.45, 7) is 6.16. The molecule has 0 saturated carbocycles. The number of nitrogens with two attached hydrogens (primary N) is 1. The summed E-state index contributed by atoms with van der Waals surface area (Å²) in [5.41, 5.74) is 3.14. The van der Waals surface area contributed by atoms with Gasteiger partial charge in [-0.2, -0.15) is 5.26 Å². The van der Waals surface area contributed by atoms with Crippen molar-refractivity contribution in [3.63, 3.8) is 0 Å². The van der Waals surface area contributed by atoms with Crippen LogP contribution in [-0.2, 0) is 10.0 Å². The van der Waals surface area contributed by atoms with E-state index in [0.717, 1.165) is 5.56 Å². The number of nitrogens with zero attached hydrogens (tertiary/aromatic N) is 3. The van der Waals surface area contributed by atoms with Crippen LogP contribution in [0.25, 0.3) is 11.3 Å². The molecule has 0 amide bonds. The molecule has 0 aliphatic rings. The molecule has 1 unspecified atom stereocenters. The fraction of sp³-hybridized carbons (Fsp3) is 0.261. The van der Waals surface area contributed by atoms with Gasteiger partial charge in [0.05, 0.1) is 23.1 Å². The van der Waals surface area contributed by atoms with Gasteiger partial charge in [0, 0.05) is 17.4 Å². The van der Waals surface area contributed by atoms with Gasteiger partial charge in [-0.15, -0.1) is 0 Å². The molecule has 9 heteroatoms. The third-order valence-electron chi connectivity index (χ3n) is 4.75. The van der Waals surface area contributed by atoms with Crippen LogP contribution >= 0.6 is 0 Å². The van der Waals surface area contributed by atoms with Crippen molar-refractivity contribution in [2.45, 2.75) is 26.0 Å². The van der Waals surface area contributed by atoms with E-state index in [9.17, 15) is 13.7 Å². The van der Waals surface area contributed by atoms with E-state index in [2.05, 4.69) is 21.4 Å². The molecule has 32 heavy (non-hydrogen) atoms. The smallest absolute Gasteiger partial charge is 0.227 e. The van der Waals surface area contributed by atoms with Crippen molar-refractivity contribution in [1.29, 1.82) is 5.26 Å². The SMILES string of the molecule is CC(C)COc1ccc(-c2ccnc(Nc3ccc(C(C)S(N)(=O)=O)cc3)n2)cc1C#N. The predicted octanol–water partition coefficient (Wildman–Crippen LogP) is 4.14. The highest BCUT2D eigenvalue weighted by atomic mass is 32.2. The molecule has 3 aromatic rings. The van der Waals surface area contributed by atoms with E-state index >= 15 is 0 Å². The molecule has 1 heterocycles. The van der Waals surface area contributed by atoms with E-state index in [4.69, 9.17) is 9.88 Å². The van der Waals surface area contributed by atoms with E-state index in [1.807, 2.05) is 19.9 Å². The van der Waals surface area contributed by atoms with Crippen molar-refractivity contribution < 1.29 is 13.2 Å². The fourth-order valence-corrected chi connectivity index (χ4v) is 3.43. The van der Waals surface area contributed by atoms with Crippen molar-refractivity contribution in [3.8, 4) is 23.1 Å². The summed E-state index contributed by atoms with van der Waals surface area (Å²) in [5.74, 6) is 1.27. The third kappa shape index (κ3) is 5.81. The van der Waals surface area contributed by atoms with E-state index in [1.54, 1.807) is 55.6 Å². The second-order valence-corrected chi connectivity index (χ2v) is 9.66. The predicted molar refractivity (Wildman–Crippen MR) is 124 cm³/mol. The highest BCUT2D eigenvalue weighted by molar-refractivity contribution is 7.89. The average molecular weight is 452 g/mol. The number of primary sulfonamides is 1. The van der Waals surface area contributed by atoms with Crippen molar-refractivity contribution in [2.24, 2.45) is 11.1 Å². The molecule has 1 atom stereocenters. The van der Waals surface area contributed by atoms with Crippen molar-refractivity contribution in [2.75, 3.05) is 11.9 Å². The number of nitriles is 1. The van der Waals surface area contributed by atoms with Crippen LogP contribution in [0.1, 0.15) is 37.1 Å². The lowest BCUT2D eigenvalue weighted by Gasteiger charge is -2.12. The van der Waals surface area contributed by atoms with Gasteiger partial charge in [0.15, 0.2) is 0 Å². The quantitative estimate of drug-likeness (QED) is 0.526. The van der Waals surface area contributed by atoms with E-state index in [1.165, 1.54) is 0 Å². The Morgan fingerprint density at radius 3 is 2.47 bits per heavy atom. The normalized spacial score (nSPS) is 12.2. The van der Waals surface area contributed by atoms with Gasteiger partial charge in [-0.1, -0.05) is 26.0 Å². The molecule has 0 aliphatic carbocycles. The molecule has 0 bridgehead atoms. The number of aromatic nitrogens is 2. The Bertz CT molecular complexity index is 1240. The zero-order valence-electron chi connectivity index (χ0n) is 18.1. The molecule has 2 aromatic carbocycles. The zero-order chi connectivity index (χ0) is 23.3. The molecule has 0 saturated heterocycles. The van der Waals surface area contributed by atoms with Gasteiger partial charge in [-0.3, -0.25) is 0 Å². The minimum atomic E-state index is -3.66. The molecule has 1 aromatic heterocycles. The Morgan fingerprint density at radius 2 is 1.84 bits per heavy atom.